The molecule has 18 amide bonds. The monoisotopic (exact) mass is 1520 g/mol. The first-order valence-electron chi connectivity index (χ1n) is 34.7. The van der Waals surface area contributed by atoms with Gasteiger partial charge in [-0.3, -0.25) is 77.1 Å². The Kier molecular flexibility index (Phi) is 31.1. The lowest BCUT2D eigenvalue weighted by Crippen LogP contribution is -2.50. The van der Waals surface area contributed by atoms with E-state index in [0.717, 1.165) is 38.5 Å². The van der Waals surface area contributed by atoms with Crippen LogP contribution in [-0.4, -0.2) is 374 Å². The van der Waals surface area contributed by atoms with Gasteiger partial charge in [0.05, 0.1) is 118 Å². The number of carbonyl (C=O) groups is 12. The molecule has 0 aromatic rings. The van der Waals surface area contributed by atoms with Gasteiger partial charge < -0.3 is 49.1 Å². The van der Waals surface area contributed by atoms with Crippen LogP contribution in [0.1, 0.15) is 77.0 Å². The molecule has 45 heteroatoms. The van der Waals surface area contributed by atoms with Crippen molar-refractivity contribution in [2.24, 2.45) is 0 Å². The van der Waals surface area contributed by atoms with Crippen molar-refractivity contribution < 1.29 is 124 Å². The van der Waals surface area contributed by atoms with Crippen LogP contribution in [0.15, 0.2) is 0 Å². The molecule has 0 radical (unpaired) electrons. The highest BCUT2D eigenvalue weighted by molar-refractivity contribution is 7.90. The largest absolute Gasteiger partial charge is 0.382 e. The van der Waals surface area contributed by atoms with Crippen molar-refractivity contribution in [2.75, 3.05) is 173 Å². The van der Waals surface area contributed by atoms with E-state index in [0.29, 0.717) is 123 Å². The van der Waals surface area contributed by atoms with Crippen molar-refractivity contribution in [3.8, 4) is 0 Å². The molecular formula is C60H100N18O26S. The van der Waals surface area contributed by atoms with Crippen LogP contribution >= 0.6 is 0 Å². The summed E-state index contributed by atoms with van der Waals surface area (Å²) in [6.07, 6.45) is 9.00. The number of nitrogens with zero attached hydrogens (tertiary/aromatic N) is 12. The van der Waals surface area contributed by atoms with Gasteiger partial charge in [0.2, 0.25) is 5.91 Å². The summed E-state index contributed by atoms with van der Waals surface area (Å²) < 4.78 is 31.5. The Hall–Kier alpha value is -8.09. The molecule has 12 aliphatic rings. The summed E-state index contributed by atoms with van der Waals surface area (Å²) in [7, 11) is 7.21. The van der Waals surface area contributed by atoms with Gasteiger partial charge in [0, 0.05) is 92.3 Å². The quantitative estimate of drug-likeness (QED) is 0.0298. The third kappa shape index (κ3) is 21.0. The zero-order valence-corrected chi connectivity index (χ0v) is 61.2. The molecule has 592 valence electrons. The third-order valence-corrected chi connectivity index (χ3v) is 20.3. The second-order valence-corrected chi connectivity index (χ2v) is 28.1. The maximum Gasteiger partial charge on any atom is 0.345 e. The number of hydrogen-bond acceptors (Lipinski definition) is 26. The minimum absolute atomic E-state index is 0.00569. The van der Waals surface area contributed by atoms with Gasteiger partial charge in [-0.1, -0.05) is 0 Å². The van der Waals surface area contributed by atoms with Gasteiger partial charge in [-0.25, -0.2) is 64.6 Å². The fourth-order valence-electron chi connectivity index (χ4n) is 14.1. The second kappa shape index (κ2) is 39.5. The van der Waals surface area contributed by atoms with Gasteiger partial charge in [-0.15, -0.1) is 0 Å². The van der Waals surface area contributed by atoms with Gasteiger partial charge in [0.15, 0.2) is 0 Å². The molecule has 6 N–H and O–H groups in total. The summed E-state index contributed by atoms with van der Waals surface area (Å²) in [6.45, 7) is 6.98. The lowest BCUT2D eigenvalue weighted by atomic mass is 10.0. The molecule has 0 unspecified atom stereocenters. The first-order valence-corrected chi connectivity index (χ1v) is 36.7. The average molecular weight is 1520 g/mol. The number of methoxy groups -OCH3 is 2. The zero-order valence-electron chi connectivity index (χ0n) is 60.4. The van der Waals surface area contributed by atoms with E-state index < -0.39 is 46.0 Å². The molecule has 12 heterocycles. The number of hydrogen-bond donors (Lipinski definition) is 6. The van der Waals surface area contributed by atoms with E-state index in [1.807, 2.05) is 0 Å². The average Bonchev–Trinajstić information content (AvgIpc) is 1.68. The van der Waals surface area contributed by atoms with E-state index in [2.05, 4.69) is 32.7 Å². The Bertz CT molecular complexity index is 3000. The van der Waals surface area contributed by atoms with Crippen LogP contribution in [0.5, 0.6) is 0 Å². The first-order chi connectivity index (χ1) is 50.4. The van der Waals surface area contributed by atoms with Crippen LogP contribution in [0.3, 0.4) is 0 Å². The van der Waals surface area contributed by atoms with Gasteiger partial charge in [-0.05, 0) is 70.6 Å². The summed E-state index contributed by atoms with van der Waals surface area (Å²) in [5.74, 6) is -1.79. The number of amides is 18. The van der Waals surface area contributed by atoms with Crippen LogP contribution in [0.2, 0.25) is 0 Å². The molecule has 12 aliphatic heterocycles. The summed E-state index contributed by atoms with van der Waals surface area (Å²) in [5, 5.41) is 9.27. The number of urea groups is 6. The molecule has 0 aliphatic carbocycles. The fraction of sp³-hybridized carbons (Fsp3) is 0.800. The van der Waals surface area contributed by atoms with Crippen molar-refractivity contribution in [1.82, 2.24) is 92.3 Å². The molecule has 0 spiro atoms. The number of sulfone groups is 1. The highest BCUT2D eigenvalue weighted by atomic mass is 32.2. The summed E-state index contributed by atoms with van der Waals surface area (Å²) >= 11 is 0. The highest BCUT2D eigenvalue weighted by Gasteiger charge is 2.52. The Morgan fingerprint density at radius 1 is 0.390 bits per heavy atom. The molecule has 0 aromatic carbocycles. The van der Waals surface area contributed by atoms with Gasteiger partial charge in [0.1, 0.15) is 40.0 Å². The minimum Gasteiger partial charge on any atom is -0.382 e. The maximum absolute atomic E-state index is 12.2. The Labute approximate surface area is 606 Å². The van der Waals surface area contributed by atoms with Crippen LogP contribution in [0.4, 0.5) is 28.8 Å². The smallest absolute Gasteiger partial charge is 0.345 e. The lowest BCUT2D eigenvalue weighted by molar-refractivity contribution is -0.140. The Balaban J connectivity index is 0.000000166. The summed E-state index contributed by atoms with van der Waals surface area (Å²) in [6, 6.07) is -4.18. The molecule has 10 atom stereocenters. The van der Waals surface area contributed by atoms with Crippen molar-refractivity contribution in [2.45, 2.75) is 137 Å². The SMILES string of the molecule is COCCONC(=O)[C@@H]1CC[C@@H]2CN1C(=O)N2OC.COCCONC(=O)[C@@H]1CC[C@@H]2CN1C(=O)N2OC.CON1C(=O)N2C[C@H]1CC[C@H]2C(=O)NOCCN1CCCC1=O.CON1C(=O)N2C[C@H]1CC[C@H]2C(=O)NOCCN1CCNC1=O.CON1C(=O)N2C[C@H]1CC[C@H]2C(=O)NOCCS(C)(=O)=O. The van der Waals surface area contributed by atoms with E-state index >= 15 is 0 Å². The van der Waals surface area contributed by atoms with Crippen molar-refractivity contribution in [3.63, 3.8) is 0 Å². The summed E-state index contributed by atoms with van der Waals surface area (Å²) in [5.41, 5.74) is 11.7. The summed E-state index contributed by atoms with van der Waals surface area (Å²) in [4.78, 5) is 205. The standard InChI is InChI=1S/C14H22N4O5.C13H21N5O5.C11H19N3O6S.2C11H19N3O5/c1-22-18-10-4-5-11(17(9-10)14(18)21)13(20)15-23-8-7-16-6-2-3-12(16)19;1-22-18-9-2-3-10(17(8-9)13(18)21)11(19)15-23-7-6-16-5-4-14-12(16)20;1-19-14-8-3-4-9(13(7-8)11(14)16)10(15)12-20-5-6-21(2,17)18;2*1-17-5-6-19-12-10(15)9-4-3-8-7-13(9)11(16)14(8)18-2/h10-11H,2-9H2,1H3,(H,15,20);9-10H,2-8H2,1H3,(H,14,20)(H,15,19);8-9H,3-7H2,1-2H3,(H,12,15);2*8-9H,3-7H2,1-2H3,(H,12,15)/t10-,11+;9-,10+;3*8-,9+/m11111/s1. The number of nitrogens with one attached hydrogen (secondary N) is 6. The van der Waals surface area contributed by atoms with E-state index in [1.165, 1.54) is 85.4 Å². The van der Waals surface area contributed by atoms with Gasteiger partial charge >= 0.3 is 36.2 Å². The Morgan fingerprint density at radius 3 is 0.924 bits per heavy atom. The maximum atomic E-state index is 12.2. The molecule has 44 nitrogen and oxygen atoms in total. The molecule has 12 fully saturated rings. The molecule has 105 heavy (non-hydrogen) atoms. The number of likely N-dealkylation sites (tertiary alicyclic amines) is 1. The number of ether oxygens (including phenoxy) is 2. The van der Waals surface area contributed by atoms with Crippen molar-refractivity contribution in [1.29, 1.82) is 0 Å². The molecule has 10 bridgehead atoms. The van der Waals surface area contributed by atoms with E-state index in [1.54, 1.807) is 24.0 Å². The highest BCUT2D eigenvalue weighted by Crippen LogP contribution is 2.34. The van der Waals surface area contributed by atoms with E-state index in [4.69, 9.17) is 57.8 Å². The predicted molar refractivity (Wildman–Crippen MR) is 354 cm³/mol. The molecule has 12 rings (SSSR count). The topological polar surface area (TPSA) is 461 Å². The number of rotatable bonds is 30. The third-order valence-electron chi connectivity index (χ3n) is 19.4. The number of carbonyl (C=O) groups excluding carboxylic acids is 12. The zero-order chi connectivity index (χ0) is 76.1. The number of hydroxylamine groups is 15. The van der Waals surface area contributed by atoms with Crippen molar-refractivity contribution in [3.05, 3.63) is 0 Å². The molecule has 12 saturated heterocycles. The van der Waals surface area contributed by atoms with Crippen LogP contribution < -0.4 is 32.7 Å². The normalized spacial score (nSPS) is 26.2. The van der Waals surface area contributed by atoms with Crippen LogP contribution in [0, 0.1) is 0 Å². The molecule has 0 aromatic heterocycles. The number of piperidine rings is 5. The van der Waals surface area contributed by atoms with Crippen molar-refractivity contribution >= 4 is 81.5 Å². The van der Waals surface area contributed by atoms with E-state index in [-0.39, 0.29) is 135 Å². The minimum atomic E-state index is -3.14. The number of fused-ring (bicyclic) bond motifs is 10. The van der Waals surface area contributed by atoms with Gasteiger partial charge in [0.25, 0.3) is 29.5 Å². The fourth-order valence-corrected chi connectivity index (χ4v) is 14.4. The van der Waals surface area contributed by atoms with E-state index in [9.17, 15) is 66.0 Å². The molecule has 0 saturated carbocycles. The predicted octanol–water partition coefficient (Wildman–Crippen LogP) is -3.69. The molecular weight excluding hydrogens is 1420 g/mol. The second-order valence-electron chi connectivity index (χ2n) is 25.8. The van der Waals surface area contributed by atoms with Crippen LogP contribution in [-0.2, 0) is 96.5 Å². The van der Waals surface area contributed by atoms with Gasteiger partial charge in [-0.2, -0.15) is 25.3 Å². The van der Waals surface area contributed by atoms with Crippen LogP contribution in [0.25, 0.3) is 0 Å². The lowest BCUT2D eigenvalue weighted by Gasteiger charge is -2.29. The Morgan fingerprint density at radius 2 is 0.676 bits per heavy atom. The first kappa shape index (κ1) is 82.6.